The standard InChI is InChI=1S/C13H16FNO4/c1-3-15-13(17)9(2)19-12(16)8-18-11-7-5-4-6-10(11)14/h4-7,9H,3,8H2,1-2H3,(H,15,17)/t9-/m0/s1. The highest BCUT2D eigenvalue weighted by atomic mass is 19.1. The Hall–Kier alpha value is -2.11. The van der Waals surface area contributed by atoms with E-state index in [1.165, 1.54) is 25.1 Å². The van der Waals surface area contributed by atoms with Gasteiger partial charge in [-0.05, 0) is 26.0 Å². The second-order valence-corrected chi connectivity index (χ2v) is 3.75. The van der Waals surface area contributed by atoms with Crippen molar-refractivity contribution in [3.05, 3.63) is 30.1 Å². The number of likely N-dealkylation sites (N-methyl/N-ethyl adjacent to an activating group) is 1. The van der Waals surface area contributed by atoms with Crippen LogP contribution in [0, 0.1) is 5.82 Å². The van der Waals surface area contributed by atoms with Crippen LogP contribution in [-0.4, -0.2) is 31.1 Å². The number of halogens is 1. The maximum atomic E-state index is 13.2. The number of rotatable bonds is 6. The predicted molar refractivity (Wildman–Crippen MR) is 66.1 cm³/mol. The number of para-hydroxylation sites is 1. The second-order valence-electron chi connectivity index (χ2n) is 3.75. The zero-order chi connectivity index (χ0) is 14.3. The first-order chi connectivity index (χ1) is 9.04. The maximum Gasteiger partial charge on any atom is 0.344 e. The van der Waals surface area contributed by atoms with Crippen LogP contribution in [0.4, 0.5) is 4.39 Å². The molecule has 0 spiro atoms. The lowest BCUT2D eigenvalue weighted by Crippen LogP contribution is -2.36. The van der Waals surface area contributed by atoms with Crippen LogP contribution >= 0.6 is 0 Å². The van der Waals surface area contributed by atoms with E-state index >= 15 is 0 Å². The molecule has 1 N–H and O–H groups in total. The Balaban J connectivity index is 2.40. The molecule has 0 bridgehead atoms. The average molecular weight is 269 g/mol. The van der Waals surface area contributed by atoms with Gasteiger partial charge in [-0.25, -0.2) is 9.18 Å². The SMILES string of the molecule is CCNC(=O)[C@H](C)OC(=O)COc1ccccc1F. The van der Waals surface area contributed by atoms with Crippen molar-refractivity contribution in [1.29, 1.82) is 0 Å². The van der Waals surface area contributed by atoms with Gasteiger partial charge in [0.2, 0.25) is 0 Å². The van der Waals surface area contributed by atoms with Gasteiger partial charge >= 0.3 is 5.97 Å². The number of amides is 1. The van der Waals surface area contributed by atoms with Crippen LogP contribution in [0.5, 0.6) is 5.75 Å². The highest BCUT2D eigenvalue weighted by Crippen LogP contribution is 2.15. The number of benzene rings is 1. The number of nitrogens with one attached hydrogen (secondary N) is 1. The lowest BCUT2D eigenvalue weighted by atomic mass is 10.3. The van der Waals surface area contributed by atoms with E-state index in [-0.39, 0.29) is 11.7 Å². The lowest BCUT2D eigenvalue weighted by Gasteiger charge is -2.13. The second kappa shape index (κ2) is 7.35. The molecule has 0 fully saturated rings. The molecule has 0 unspecified atom stereocenters. The summed E-state index contributed by atoms with van der Waals surface area (Å²) in [5.74, 6) is -1.72. The Morgan fingerprint density at radius 1 is 1.37 bits per heavy atom. The number of hydrogen-bond acceptors (Lipinski definition) is 4. The summed E-state index contributed by atoms with van der Waals surface area (Å²) >= 11 is 0. The van der Waals surface area contributed by atoms with Crippen LogP contribution in [0.15, 0.2) is 24.3 Å². The molecule has 0 heterocycles. The van der Waals surface area contributed by atoms with Gasteiger partial charge in [0, 0.05) is 6.54 Å². The zero-order valence-electron chi connectivity index (χ0n) is 10.8. The molecule has 5 nitrogen and oxygen atoms in total. The van der Waals surface area contributed by atoms with Gasteiger partial charge in [0.1, 0.15) is 0 Å². The quantitative estimate of drug-likeness (QED) is 0.790. The fourth-order valence-corrected chi connectivity index (χ4v) is 1.30. The molecule has 0 saturated heterocycles. The summed E-state index contributed by atoms with van der Waals surface area (Å²) in [5, 5.41) is 2.52. The van der Waals surface area contributed by atoms with Crippen LogP contribution in [-0.2, 0) is 14.3 Å². The summed E-state index contributed by atoms with van der Waals surface area (Å²) in [5.41, 5.74) is 0. The first-order valence-corrected chi connectivity index (χ1v) is 5.89. The molecule has 1 atom stereocenters. The smallest absolute Gasteiger partial charge is 0.344 e. The first kappa shape index (κ1) is 14.9. The molecule has 1 rings (SSSR count). The Kier molecular flexibility index (Phi) is 5.78. The summed E-state index contributed by atoms with van der Waals surface area (Å²) in [7, 11) is 0. The van der Waals surface area contributed by atoms with Gasteiger partial charge in [-0.3, -0.25) is 4.79 Å². The summed E-state index contributed by atoms with van der Waals surface area (Å²) in [6.45, 7) is 3.21. The molecule has 0 aliphatic carbocycles. The van der Waals surface area contributed by atoms with Crippen molar-refractivity contribution in [2.75, 3.05) is 13.2 Å². The van der Waals surface area contributed by atoms with Gasteiger partial charge in [-0.15, -0.1) is 0 Å². The molecular weight excluding hydrogens is 253 g/mol. The van der Waals surface area contributed by atoms with Crippen LogP contribution in [0.3, 0.4) is 0 Å². The fraction of sp³-hybridized carbons (Fsp3) is 0.385. The van der Waals surface area contributed by atoms with E-state index in [0.717, 1.165) is 0 Å². The topological polar surface area (TPSA) is 64.6 Å². The van der Waals surface area contributed by atoms with Gasteiger partial charge in [-0.2, -0.15) is 0 Å². The molecule has 0 saturated carbocycles. The summed E-state index contributed by atoms with van der Waals surface area (Å²) in [6, 6.07) is 5.71. The van der Waals surface area contributed by atoms with Crippen molar-refractivity contribution in [1.82, 2.24) is 5.32 Å². The Morgan fingerprint density at radius 2 is 2.05 bits per heavy atom. The number of ether oxygens (including phenoxy) is 2. The molecular formula is C13H16FNO4. The van der Waals surface area contributed by atoms with Crippen LogP contribution in [0.2, 0.25) is 0 Å². The van der Waals surface area contributed by atoms with Gasteiger partial charge in [0.05, 0.1) is 0 Å². The predicted octanol–water partition coefficient (Wildman–Crippen LogP) is 1.27. The van der Waals surface area contributed by atoms with Crippen molar-refractivity contribution >= 4 is 11.9 Å². The summed E-state index contributed by atoms with van der Waals surface area (Å²) in [6.07, 6.45) is -0.906. The van der Waals surface area contributed by atoms with Crippen LogP contribution < -0.4 is 10.1 Å². The van der Waals surface area contributed by atoms with E-state index in [2.05, 4.69) is 5.32 Å². The number of carbonyl (C=O) groups is 2. The molecule has 19 heavy (non-hydrogen) atoms. The minimum absolute atomic E-state index is 0.0369. The van der Waals surface area contributed by atoms with E-state index in [0.29, 0.717) is 6.54 Å². The van der Waals surface area contributed by atoms with Gasteiger partial charge in [0.15, 0.2) is 24.3 Å². The van der Waals surface area contributed by atoms with Crippen molar-refractivity contribution < 1.29 is 23.5 Å². The normalized spacial score (nSPS) is 11.5. The Morgan fingerprint density at radius 3 is 2.68 bits per heavy atom. The maximum absolute atomic E-state index is 13.2. The third-order valence-corrected chi connectivity index (χ3v) is 2.21. The molecule has 1 aromatic carbocycles. The molecule has 0 aliphatic rings. The Bertz CT molecular complexity index is 450. The molecule has 0 aliphatic heterocycles. The molecule has 0 aromatic heterocycles. The minimum Gasteiger partial charge on any atom is -0.479 e. The van der Waals surface area contributed by atoms with Crippen molar-refractivity contribution in [3.63, 3.8) is 0 Å². The molecule has 6 heteroatoms. The summed E-state index contributed by atoms with van der Waals surface area (Å²) in [4.78, 5) is 22.7. The third-order valence-electron chi connectivity index (χ3n) is 2.21. The lowest BCUT2D eigenvalue weighted by molar-refractivity contribution is -0.156. The first-order valence-electron chi connectivity index (χ1n) is 5.89. The van der Waals surface area contributed by atoms with Gasteiger partial charge < -0.3 is 14.8 Å². The summed E-state index contributed by atoms with van der Waals surface area (Å²) < 4.78 is 23.0. The van der Waals surface area contributed by atoms with E-state index in [1.807, 2.05) is 0 Å². The number of esters is 1. The van der Waals surface area contributed by atoms with Gasteiger partial charge in [0.25, 0.3) is 5.91 Å². The largest absolute Gasteiger partial charge is 0.479 e. The molecule has 1 aromatic rings. The van der Waals surface area contributed by atoms with E-state index in [4.69, 9.17) is 9.47 Å². The van der Waals surface area contributed by atoms with E-state index < -0.39 is 24.5 Å². The van der Waals surface area contributed by atoms with Crippen molar-refractivity contribution in [3.8, 4) is 5.75 Å². The van der Waals surface area contributed by atoms with E-state index in [1.54, 1.807) is 13.0 Å². The zero-order valence-corrected chi connectivity index (χ0v) is 10.8. The highest BCUT2D eigenvalue weighted by molar-refractivity contribution is 5.83. The van der Waals surface area contributed by atoms with E-state index in [9.17, 15) is 14.0 Å². The third kappa shape index (κ3) is 4.95. The minimum atomic E-state index is -0.906. The van der Waals surface area contributed by atoms with Crippen molar-refractivity contribution in [2.24, 2.45) is 0 Å². The van der Waals surface area contributed by atoms with Gasteiger partial charge in [-0.1, -0.05) is 12.1 Å². The number of carbonyl (C=O) groups excluding carboxylic acids is 2. The fourth-order valence-electron chi connectivity index (χ4n) is 1.30. The molecule has 104 valence electrons. The molecule has 0 radical (unpaired) electrons. The monoisotopic (exact) mass is 269 g/mol. The van der Waals surface area contributed by atoms with Crippen molar-refractivity contribution in [2.45, 2.75) is 20.0 Å². The average Bonchev–Trinajstić information content (AvgIpc) is 2.38. The molecule has 1 amide bonds. The highest BCUT2D eigenvalue weighted by Gasteiger charge is 2.17. The van der Waals surface area contributed by atoms with Crippen LogP contribution in [0.25, 0.3) is 0 Å². The Labute approximate surface area is 110 Å². The van der Waals surface area contributed by atoms with Crippen LogP contribution in [0.1, 0.15) is 13.8 Å². The number of hydrogen-bond donors (Lipinski definition) is 1.